The number of nitrogens with zero attached hydrogens (tertiary/aromatic N) is 1. The number of halogens is 1. The predicted octanol–water partition coefficient (Wildman–Crippen LogP) is 4.61. The van der Waals surface area contributed by atoms with Crippen molar-refractivity contribution in [3.05, 3.63) is 83.7 Å². The molecule has 0 fully saturated rings. The van der Waals surface area contributed by atoms with Gasteiger partial charge in [0.05, 0.1) is 13.7 Å². The van der Waals surface area contributed by atoms with Crippen molar-refractivity contribution in [2.45, 2.75) is 13.0 Å². The molecular formula is C24H22FNO3. The highest BCUT2D eigenvalue weighted by Gasteiger charge is 2.23. The average molecular weight is 391 g/mol. The van der Waals surface area contributed by atoms with Gasteiger partial charge in [0.1, 0.15) is 18.2 Å². The summed E-state index contributed by atoms with van der Waals surface area (Å²) in [6, 6.07) is 20.4. The molecule has 1 aliphatic heterocycles. The first-order chi connectivity index (χ1) is 14.2. The van der Waals surface area contributed by atoms with Crippen molar-refractivity contribution < 1.29 is 18.7 Å². The number of rotatable bonds is 5. The molecule has 0 N–H and O–H groups in total. The lowest BCUT2D eigenvalue weighted by molar-refractivity contribution is -0.123. The van der Waals surface area contributed by atoms with Crippen molar-refractivity contribution in [2.24, 2.45) is 0 Å². The number of anilines is 1. The predicted molar refractivity (Wildman–Crippen MR) is 111 cm³/mol. The Morgan fingerprint density at radius 3 is 2.66 bits per heavy atom. The first kappa shape index (κ1) is 19.2. The molecular weight excluding hydrogens is 369 g/mol. The van der Waals surface area contributed by atoms with Crippen LogP contribution in [0.1, 0.15) is 11.1 Å². The van der Waals surface area contributed by atoms with Crippen molar-refractivity contribution in [1.29, 1.82) is 0 Å². The van der Waals surface area contributed by atoms with Gasteiger partial charge in [-0.1, -0.05) is 42.5 Å². The van der Waals surface area contributed by atoms with Crippen molar-refractivity contribution in [2.75, 3.05) is 25.2 Å². The number of carbonyl (C=O) groups is 1. The standard InChI is InChI=1S/C24H22FNO3/c1-28-23-14-20(25)9-10-21(23)18-7-8-19-15-29-16-24(27)26(22(19)13-18)12-11-17-5-3-2-4-6-17/h2-10,13-14H,11-12,15-16H2,1H3. The van der Waals surface area contributed by atoms with E-state index in [1.54, 1.807) is 11.0 Å². The molecule has 3 aromatic carbocycles. The lowest BCUT2D eigenvalue weighted by Gasteiger charge is -2.23. The summed E-state index contributed by atoms with van der Waals surface area (Å²) in [5, 5.41) is 0. The number of fused-ring (bicyclic) bond motifs is 1. The quantitative estimate of drug-likeness (QED) is 0.638. The fourth-order valence-electron chi connectivity index (χ4n) is 3.60. The van der Waals surface area contributed by atoms with Gasteiger partial charge in [-0.3, -0.25) is 4.79 Å². The van der Waals surface area contributed by atoms with Gasteiger partial charge < -0.3 is 14.4 Å². The zero-order chi connectivity index (χ0) is 20.2. The zero-order valence-corrected chi connectivity index (χ0v) is 16.2. The maximum Gasteiger partial charge on any atom is 0.253 e. The molecule has 0 aliphatic carbocycles. The molecule has 4 rings (SSSR count). The Labute approximate surface area is 169 Å². The third-order valence-electron chi connectivity index (χ3n) is 5.10. The molecule has 4 nitrogen and oxygen atoms in total. The van der Waals surface area contributed by atoms with Crippen LogP contribution < -0.4 is 9.64 Å². The van der Waals surface area contributed by atoms with Gasteiger partial charge >= 0.3 is 0 Å². The van der Waals surface area contributed by atoms with Gasteiger partial charge in [0.2, 0.25) is 0 Å². The topological polar surface area (TPSA) is 38.8 Å². The number of hydrogen-bond donors (Lipinski definition) is 0. The molecule has 0 aromatic heterocycles. The molecule has 1 amide bonds. The summed E-state index contributed by atoms with van der Waals surface area (Å²) >= 11 is 0. The molecule has 0 unspecified atom stereocenters. The highest BCUT2D eigenvalue weighted by molar-refractivity contribution is 5.96. The molecule has 0 saturated heterocycles. The third kappa shape index (κ3) is 4.15. The lowest BCUT2D eigenvalue weighted by Crippen LogP contribution is -2.34. The molecule has 148 valence electrons. The van der Waals surface area contributed by atoms with Crippen LogP contribution in [0.4, 0.5) is 10.1 Å². The smallest absolute Gasteiger partial charge is 0.253 e. The molecule has 29 heavy (non-hydrogen) atoms. The Balaban J connectivity index is 1.71. The van der Waals surface area contributed by atoms with E-state index in [2.05, 4.69) is 12.1 Å². The maximum absolute atomic E-state index is 13.6. The molecule has 1 heterocycles. The fraction of sp³-hybridized carbons (Fsp3) is 0.208. The van der Waals surface area contributed by atoms with Gasteiger partial charge in [0, 0.05) is 29.4 Å². The summed E-state index contributed by atoms with van der Waals surface area (Å²) in [5.41, 5.74) is 4.58. The van der Waals surface area contributed by atoms with Crippen molar-refractivity contribution >= 4 is 11.6 Å². The van der Waals surface area contributed by atoms with E-state index in [1.165, 1.54) is 24.8 Å². The highest BCUT2D eigenvalue weighted by atomic mass is 19.1. The second-order valence-electron chi connectivity index (χ2n) is 6.96. The molecule has 0 bridgehead atoms. The largest absolute Gasteiger partial charge is 0.496 e. The summed E-state index contributed by atoms with van der Waals surface area (Å²) in [7, 11) is 1.52. The third-order valence-corrected chi connectivity index (χ3v) is 5.10. The Hall–Kier alpha value is -3.18. The minimum Gasteiger partial charge on any atom is -0.496 e. The SMILES string of the molecule is COc1cc(F)ccc1-c1ccc2c(c1)N(CCc1ccccc1)C(=O)COC2. The van der Waals surface area contributed by atoms with Gasteiger partial charge in [0.15, 0.2) is 0 Å². The number of carbonyl (C=O) groups excluding carboxylic acids is 1. The van der Waals surface area contributed by atoms with Crippen LogP contribution in [0, 0.1) is 5.82 Å². The van der Waals surface area contributed by atoms with Crippen molar-refractivity contribution in [1.82, 2.24) is 0 Å². The summed E-state index contributed by atoms with van der Waals surface area (Å²) in [6.07, 6.45) is 0.746. The molecule has 5 heteroatoms. The summed E-state index contributed by atoms with van der Waals surface area (Å²) in [6.45, 7) is 0.992. The monoisotopic (exact) mass is 391 g/mol. The summed E-state index contributed by atoms with van der Waals surface area (Å²) < 4.78 is 24.5. The van der Waals surface area contributed by atoms with Gasteiger partial charge in [-0.2, -0.15) is 0 Å². The van der Waals surface area contributed by atoms with Crippen LogP contribution in [-0.4, -0.2) is 26.2 Å². The van der Waals surface area contributed by atoms with E-state index in [0.29, 0.717) is 18.9 Å². The van der Waals surface area contributed by atoms with Gasteiger partial charge in [-0.15, -0.1) is 0 Å². The maximum atomic E-state index is 13.6. The van der Waals surface area contributed by atoms with E-state index in [9.17, 15) is 9.18 Å². The number of benzene rings is 3. The molecule has 1 aliphatic rings. The molecule has 3 aromatic rings. The Kier molecular flexibility index (Phi) is 5.58. The second kappa shape index (κ2) is 8.45. The molecule has 0 saturated carbocycles. The van der Waals surface area contributed by atoms with Crippen LogP contribution in [0.15, 0.2) is 66.7 Å². The van der Waals surface area contributed by atoms with Crippen LogP contribution in [0.25, 0.3) is 11.1 Å². The first-order valence-electron chi connectivity index (χ1n) is 9.54. The second-order valence-corrected chi connectivity index (χ2v) is 6.96. The van der Waals surface area contributed by atoms with Gasteiger partial charge in [0.25, 0.3) is 5.91 Å². The zero-order valence-electron chi connectivity index (χ0n) is 16.2. The van der Waals surface area contributed by atoms with E-state index in [-0.39, 0.29) is 18.3 Å². The Morgan fingerprint density at radius 2 is 1.86 bits per heavy atom. The highest BCUT2D eigenvalue weighted by Crippen LogP contribution is 2.35. The molecule has 0 spiro atoms. The minimum atomic E-state index is -0.353. The van der Waals surface area contributed by atoms with Crippen molar-refractivity contribution in [3.8, 4) is 16.9 Å². The number of amides is 1. The van der Waals surface area contributed by atoms with Crippen LogP contribution in [0.2, 0.25) is 0 Å². The molecule has 0 radical (unpaired) electrons. The average Bonchev–Trinajstić information content (AvgIpc) is 2.90. The van der Waals surface area contributed by atoms with Gasteiger partial charge in [-0.25, -0.2) is 4.39 Å². The van der Waals surface area contributed by atoms with Crippen LogP contribution in [0.3, 0.4) is 0 Å². The van der Waals surface area contributed by atoms with E-state index in [1.807, 2.05) is 36.4 Å². The first-order valence-corrected chi connectivity index (χ1v) is 9.54. The van der Waals surface area contributed by atoms with Crippen molar-refractivity contribution in [3.63, 3.8) is 0 Å². The number of methoxy groups -OCH3 is 1. The number of hydrogen-bond acceptors (Lipinski definition) is 3. The summed E-state index contributed by atoms with van der Waals surface area (Å²) in [4.78, 5) is 14.5. The van der Waals surface area contributed by atoms with E-state index < -0.39 is 0 Å². The Morgan fingerprint density at radius 1 is 1.03 bits per heavy atom. The van der Waals surface area contributed by atoms with E-state index >= 15 is 0 Å². The van der Waals surface area contributed by atoms with Crippen LogP contribution >= 0.6 is 0 Å². The minimum absolute atomic E-state index is 0.0542. The van der Waals surface area contributed by atoms with E-state index in [4.69, 9.17) is 9.47 Å². The van der Waals surface area contributed by atoms with Crippen LogP contribution in [-0.2, 0) is 22.6 Å². The lowest BCUT2D eigenvalue weighted by atomic mass is 10.0. The number of ether oxygens (including phenoxy) is 2. The normalized spacial score (nSPS) is 13.7. The van der Waals surface area contributed by atoms with E-state index in [0.717, 1.165) is 28.8 Å². The molecule has 0 atom stereocenters. The Bertz CT molecular complexity index is 1020. The fourth-order valence-corrected chi connectivity index (χ4v) is 3.60. The van der Waals surface area contributed by atoms with Gasteiger partial charge in [-0.05, 0) is 35.7 Å². The summed E-state index contributed by atoms with van der Waals surface area (Å²) in [5.74, 6) is 0.0355. The van der Waals surface area contributed by atoms with Crippen LogP contribution in [0.5, 0.6) is 5.75 Å².